The zero-order valence-corrected chi connectivity index (χ0v) is 10.7. The highest BCUT2D eigenvalue weighted by atomic mass is 19.1. The number of nitrogens with one attached hydrogen (secondary N) is 1. The fourth-order valence-electron chi connectivity index (χ4n) is 1.72. The van der Waals surface area contributed by atoms with E-state index >= 15 is 0 Å². The fourth-order valence-corrected chi connectivity index (χ4v) is 1.72. The van der Waals surface area contributed by atoms with Gasteiger partial charge in [0.25, 0.3) is 0 Å². The molecule has 4 heteroatoms. The van der Waals surface area contributed by atoms with Crippen molar-refractivity contribution in [3.63, 3.8) is 0 Å². The molecular weight excluding hydrogens is 241 g/mol. The SMILES string of the molecule is Cc1ccc(CNCc2cc(C#N)ccc2F)cn1. The molecule has 1 aromatic carbocycles. The van der Waals surface area contributed by atoms with Crippen LogP contribution in [0.15, 0.2) is 36.5 Å². The average molecular weight is 255 g/mol. The van der Waals surface area contributed by atoms with E-state index in [9.17, 15) is 4.39 Å². The fraction of sp³-hybridized carbons (Fsp3) is 0.200. The molecule has 0 aliphatic rings. The van der Waals surface area contributed by atoms with Crippen LogP contribution < -0.4 is 5.32 Å². The average Bonchev–Trinajstić information content (AvgIpc) is 2.43. The summed E-state index contributed by atoms with van der Waals surface area (Å²) < 4.78 is 13.5. The first-order valence-electron chi connectivity index (χ1n) is 6.00. The summed E-state index contributed by atoms with van der Waals surface area (Å²) in [5.41, 5.74) is 2.98. The molecule has 1 heterocycles. The second-order valence-electron chi connectivity index (χ2n) is 4.33. The summed E-state index contributed by atoms with van der Waals surface area (Å²) in [4.78, 5) is 4.19. The monoisotopic (exact) mass is 255 g/mol. The minimum absolute atomic E-state index is 0.298. The first-order chi connectivity index (χ1) is 9.19. The van der Waals surface area contributed by atoms with Crippen molar-refractivity contribution in [2.45, 2.75) is 20.0 Å². The first-order valence-corrected chi connectivity index (χ1v) is 6.00. The number of nitrogens with zero attached hydrogens (tertiary/aromatic N) is 2. The third-order valence-corrected chi connectivity index (χ3v) is 2.79. The first kappa shape index (κ1) is 13.2. The second kappa shape index (κ2) is 6.07. The lowest BCUT2D eigenvalue weighted by atomic mass is 10.1. The topological polar surface area (TPSA) is 48.7 Å². The number of halogens is 1. The Labute approximate surface area is 111 Å². The van der Waals surface area contributed by atoms with Gasteiger partial charge in [-0.25, -0.2) is 4.39 Å². The molecule has 0 saturated carbocycles. The maximum absolute atomic E-state index is 13.5. The van der Waals surface area contributed by atoms with E-state index in [-0.39, 0.29) is 5.82 Å². The van der Waals surface area contributed by atoms with Crippen LogP contribution in [0.25, 0.3) is 0 Å². The Morgan fingerprint density at radius 3 is 2.79 bits per heavy atom. The molecule has 2 aromatic rings. The van der Waals surface area contributed by atoms with Crippen molar-refractivity contribution in [2.24, 2.45) is 0 Å². The van der Waals surface area contributed by atoms with Gasteiger partial charge in [-0.05, 0) is 36.8 Å². The predicted molar refractivity (Wildman–Crippen MR) is 70.6 cm³/mol. The van der Waals surface area contributed by atoms with Crippen molar-refractivity contribution in [3.05, 3.63) is 64.7 Å². The molecule has 2 rings (SSSR count). The summed E-state index contributed by atoms with van der Waals surface area (Å²) in [5.74, 6) is -0.298. The van der Waals surface area contributed by atoms with Gasteiger partial charge in [0, 0.05) is 30.5 Å². The van der Waals surface area contributed by atoms with Crippen molar-refractivity contribution in [1.29, 1.82) is 5.26 Å². The van der Waals surface area contributed by atoms with Crippen molar-refractivity contribution in [1.82, 2.24) is 10.3 Å². The molecule has 0 bridgehead atoms. The Morgan fingerprint density at radius 1 is 1.26 bits per heavy atom. The molecule has 0 spiro atoms. The Hall–Kier alpha value is -2.25. The van der Waals surface area contributed by atoms with Gasteiger partial charge in [-0.1, -0.05) is 6.07 Å². The number of benzene rings is 1. The van der Waals surface area contributed by atoms with Crippen molar-refractivity contribution in [3.8, 4) is 6.07 Å². The molecule has 0 unspecified atom stereocenters. The molecule has 1 aromatic heterocycles. The van der Waals surface area contributed by atoms with Crippen LogP contribution >= 0.6 is 0 Å². The summed E-state index contributed by atoms with van der Waals surface area (Å²) in [6.45, 7) is 2.93. The number of rotatable bonds is 4. The van der Waals surface area contributed by atoms with E-state index < -0.39 is 0 Å². The van der Waals surface area contributed by atoms with Crippen molar-refractivity contribution < 1.29 is 4.39 Å². The van der Waals surface area contributed by atoms with Crippen LogP contribution in [-0.2, 0) is 13.1 Å². The van der Waals surface area contributed by atoms with E-state index in [0.29, 0.717) is 24.2 Å². The smallest absolute Gasteiger partial charge is 0.127 e. The number of nitriles is 1. The quantitative estimate of drug-likeness (QED) is 0.913. The lowest BCUT2D eigenvalue weighted by molar-refractivity contribution is 0.587. The molecule has 0 fully saturated rings. The zero-order valence-electron chi connectivity index (χ0n) is 10.7. The van der Waals surface area contributed by atoms with E-state index in [1.807, 2.05) is 25.1 Å². The Bertz CT molecular complexity index is 600. The molecular formula is C15H14FN3. The highest BCUT2D eigenvalue weighted by molar-refractivity contribution is 5.33. The summed E-state index contributed by atoms with van der Waals surface area (Å²) in [6.07, 6.45) is 1.80. The molecule has 0 aliphatic heterocycles. The van der Waals surface area contributed by atoms with Gasteiger partial charge in [-0.2, -0.15) is 5.26 Å². The van der Waals surface area contributed by atoms with Gasteiger partial charge in [0.2, 0.25) is 0 Å². The van der Waals surface area contributed by atoms with E-state index in [2.05, 4.69) is 10.3 Å². The van der Waals surface area contributed by atoms with Gasteiger partial charge in [-0.3, -0.25) is 4.98 Å². The largest absolute Gasteiger partial charge is 0.308 e. The van der Waals surface area contributed by atoms with Gasteiger partial charge in [0.1, 0.15) is 5.82 Å². The number of hydrogen-bond acceptors (Lipinski definition) is 3. The van der Waals surface area contributed by atoms with Crippen LogP contribution in [0.2, 0.25) is 0 Å². The van der Waals surface area contributed by atoms with E-state index in [1.165, 1.54) is 12.1 Å². The third-order valence-electron chi connectivity index (χ3n) is 2.79. The molecule has 0 atom stereocenters. The molecule has 1 N–H and O–H groups in total. The Balaban J connectivity index is 1.96. The number of aromatic nitrogens is 1. The van der Waals surface area contributed by atoms with E-state index in [0.717, 1.165) is 11.3 Å². The number of pyridine rings is 1. The molecule has 19 heavy (non-hydrogen) atoms. The van der Waals surface area contributed by atoms with Crippen LogP contribution in [0.5, 0.6) is 0 Å². The number of aryl methyl sites for hydroxylation is 1. The molecule has 0 saturated heterocycles. The predicted octanol–water partition coefficient (Wildman–Crippen LogP) is 2.69. The highest BCUT2D eigenvalue weighted by Gasteiger charge is 2.03. The molecule has 0 radical (unpaired) electrons. The van der Waals surface area contributed by atoms with Crippen LogP contribution in [0.1, 0.15) is 22.4 Å². The Morgan fingerprint density at radius 2 is 2.11 bits per heavy atom. The van der Waals surface area contributed by atoms with Gasteiger partial charge < -0.3 is 5.32 Å². The third kappa shape index (κ3) is 3.60. The van der Waals surface area contributed by atoms with Crippen LogP contribution in [0.3, 0.4) is 0 Å². The van der Waals surface area contributed by atoms with Crippen LogP contribution in [-0.4, -0.2) is 4.98 Å². The summed E-state index contributed by atoms with van der Waals surface area (Å²) in [6, 6.07) is 10.3. The zero-order chi connectivity index (χ0) is 13.7. The Kier molecular flexibility index (Phi) is 4.22. The maximum atomic E-state index is 13.5. The lowest BCUT2D eigenvalue weighted by Crippen LogP contribution is -2.14. The molecule has 0 aliphatic carbocycles. The van der Waals surface area contributed by atoms with E-state index in [4.69, 9.17) is 5.26 Å². The van der Waals surface area contributed by atoms with Gasteiger partial charge >= 0.3 is 0 Å². The second-order valence-corrected chi connectivity index (χ2v) is 4.33. The maximum Gasteiger partial charge on any atom is 0.127 e. The highest BCUT2D eigenvalue weighted by Crippen LogP contribution is 2.10. The van der Waals surface area contributed by atoms with Crippen LogP contribution in [0, 0.1) is 24.1 Å². The van der Waals surface area contributed by atoms with Gasteiger partial charge in [0.05, 0.1) is 11.6 Å². The van der Waals surface area contributed by atoms with Crippen molar-refractivity contribution in [2.75, 3.05) is 0 Å². The number of hydrogen-bond donors (Lipinski definition) is 1. The van der Waals surface area contributed by atoms with Crippen molar-refractivity contribution >= 4 is 0 Å². The summed E-state index contributed by atoms with van der Waals surface area (Å²) in [7, 11) is 0. The van der Waals surface area contributed by atoms with E-state index in [1.54, 1.807) is 12.3 Å². The molecule has 3 nitrogen and oxygen atoms in total. The molecule has 96 valence electrons. The van der Waals surface area contributed by atoms with Crippen LogP contribution in [0.4, 0.5) is 4.39 Å². The summed E-state index contributed by atoms with van der Waals surface area (Å²) >= 11 is 0. The minimum atomic E-state index is -0.298. The standard InChI is InChI=1S/C15H14FN3/c1-11-2-3-13(9-19-11)8-18-10-14-6-12(7-17)4-5-15(14)16/h2-6,9,18H,8,10H2,1H3. The van der Waals surface area contributed by atoms with Gasteiger partial charge in [-0.15, -0.1) is 0 Å². The normalized spacial score (nSPS) is 10.2. The summed E-state index contributed by atoms with van der Waals surface area (Å²) in [5, 5.41) is 11.9. The minimum Gasteiger partial charge on any atom is -0.308 e. The molecule has 0 amide bonds. The lowest BCUT2D eigenvalue weighted by Gasteiger charge is -2.06. The van der Waals surface area contributed by atoms with Gasteiger partial charge in [0.15, 0.2) is 0 Å².